The van der Waals surface area contributed by atoms with Gasteiger partial charge in [-0.1, -0.05) is 12.1 Å². The van der Waals surface area contributed by atoms with Crippen molar-refractivity contribution in [2.45, 2.75) is 26.8 Å². The van der Waals surface area contributed by atoms with Crippen LogP contribution >= 0.6 is 0 Å². The standard InChI is InChI=1S/C12H15NO3/c1-8(13-9(2)14)11-5-4-6-12(7-11)16-10(3)15/h4-8H,1-3H3,(H,13,14)/t8-/m0/s1. The fraction of sp³-hybridized carbons (Fsp3) is 0.333. The van der Waals surface area contributed by atoms with Crippen LogP contribution in [0.4, 0.5) is 0 Å². The van der Waals surface area contributed by atoms with Crippen LogP contribution in [0.15, 0.2) is 24.3 Å². The van der Waals surface area contributed by atoms with Gasteiger partial charge in [-0.3, -0.25) is 9.59 Å². The van der Waals surface area contributed by atoms with Gasteiger partial charge in [0.15, 0.2) is 0 Å². The van der Waals surface area contributed by atoms with E-state index in [-0.39, 0.29) is 17.9 Å². The largest absolute Gasteiger partial charge is 0.427 e. The molecular weight excluding hydrogens is 206 g/mol. The molecular formula is C12H15NO3. The van der Waals surface area contributed by atoms with Crippen molar-refractivity contribution < 1.29 is 14.3 Å². The van der Waals surface area contributed by atoms with Crippen LogP contribution in [0.2, 0.25) is 0 Å². The molecule has 1 amide bonds. The molecule has 0 saturated heterocycles. The van der Waals surface area contributed by atoms with E-state index in [4.69, 9.17) is 4.74 Å². The van der Waals surface area contributed by atoms with E-state index in [1.165, 1.54) is 13.8 Å². The van der Waals surface area contributed by atoms with E-state index in [2.05, 4.69) is 5.32 Å². The molecule has 0 saturated carbocycles. The highest BCUT2D eigenvalue weighted by Gasteiger charge is 2.07. The number of rotatable bonds is 3. The molecule has 1 N–H and O–H groups in total. The number of esters is 1. The molecule has 4 nitrogen and oxygen atoms in total. The summed E-state index contributed by atoms with van der Waals surface area (Å²) < 4.78 is 4.96. The molecule has 1 aromatic rings. The number of carbonyl (C=O) groups excluding carboxylic acids is 2. The number of ether oxygens (including phenoxy) is 1. The highest BCUT2D eigenvalue weighted by Crippen LogP contribution is 2.19. The molecule has 0 heterocycles. The molecule has 16 heavy (non-hydrogen) atoms. The summed E-state index contributed by atoms with van der Waals surface area (Å²) in [6.45, 7) is 4.69. The molecule has 0 radical (unpaired) electrons. The van der Waals surface area contributed by atoms with E-state index < -0.39 is 0 Å². The molecule has 0 fully saturated rings. The Labute approximate surface area is 94.6 Å². The third kappa shape index (κ3) is 3.73. The quantitative estimate of drug-likeness (QED) is 0.625. The Morgan fingerprint density at radius 1 is 1.31 bits per heavy atom. The zero-order valence-electron chi connectivity index (χ0n) is 9.61. The Kier molecular flexibility index (Phi) is 4.05. The molecule has 1 atom stereocenters. The molecule has 1 rings (SSSR count). The monoisotopic (exact) mass is 221 g/mol. The lowest BCUT2D eigenvalue weighted by Gasteiger charge is -2.13. The summed E-state index contributed by atoms with van der Waals surface area (Å²) in [5.74, 6) is 0.0388. The maximum atomic E-state index is 10.9. The molecule has 0 spiro atoms. The van der Waals surface area contributed by atoms with Gasteiger partial charge < -0.3 is 10.1 Å². The molecule has 1 aromatic carbocycles. The van der Waals surface area contributed by atoms with Gasteiger partial charge in [0.1, 0.15) is 5.75 Å². The first-order chi connectivity index (χ1) is 7.49. The van der Waals surface area contributed by atoms with Gasteiger partial charge in [-0.25, -0.2) is 0 Å². The second-order valence-electron chi connectivity index (χ2n) is 3.59. The predicted molar refractivity (Wildman–Crippen MR) is 60.0 cm³/mol. The first-order valence-electron chi connectivity index (χ1n) is 5.04. The van der Waals surface area contributed by atoms with Crippen LogP contribution in [0.1, 0.15) is 32.4 Å². The Balaban J connectivity index is 2.80. The minimum absolute atomic E-state index is 0.0922. The predicted octanol–water partition coefficient (Wildman–Crippen LogP) is 1.81. The number of amides is 1. The Morgan fingerprint density at radius 3 is 2.56 bits per heavy atom. The third-order valence-corrected chi connectivity index (χ3v) is 2.04. The van der Waals surface area contributed by atoms with E-state index in [0.29, 0.717) is 5.75 Å². The van der Waals surface area contributed by atoms with E-state index in [9.17, 15) is 9.59 Å². The minimum atomic E-state index is -0.357. The van der Waals surface area contributed by atoms with Crippen LogP contribution in [-0.2, 0) is 9.59 Å². The maximum absolute atomic E-state index is 10.9. The van der Waals surface area contributed by atoms with Crippen molar-refractivity contribution in [3.8, 4) is 5.75 Å². The Morgan fingerprint density at radius 2 is 2.00 bits per heavy atom. The van der Waals surface area contributed by atoms with Gasteiger partial charge in [-0.05, 0) is 24.6 Å². The van der Waals surface area contributed by atoms with E-state index in [1.54, 1.807) is 18.2 Å². The van der Waals surface area contributed by atoms with Gasteiger partial charge in [0.25, 0.3) is 0 Å². The second-order valence-corrected chi connectivity index (χ2v) is 3.59. The summed E-state index contributed by atoms with van der Waals surface area (Å²) in [6.07, 6.45) is 0. The topological polar surface area (TPSA) is 55.4 Å². The highest BCUT2D eigenvalue weighted by molar-refractivity contribution is 5.73. The summed E-state index contributed by atoms with van der Waals surface area (Å²) in [5.41, 5.74) is 0.897. The van der Waals surface area contributed by atoms with Crippen molar-refractivity contribution in [3.63, 3.8) is 0 Å². The second kappa shape index (κ2) is 5.30. The average Bonchev–Trinajstić information content (AvgIpc) is 2.16. The molecule has 0 aliphatic rings. The summed E-state index contributed by atoms with van der Waals surface area (Å²) in [7, 11) is 0. The lowest BCUT2D eigenvalue weighted by Crippen LogP contribution is -2.23. The molecule has 0 aromatic heterocycles. The first-order valence-corrected chi connectivity index (χ1v) is 5.04. The highest BCUT2D eigenvalue weighted by atomic mass is 16.5. The fourth-order valence-electron chi connectivity index (χ4n) is 1.40. The SMILES string of the molecule is CC(=O)N[C@@H](C)c1cccc(OC(C)=O)c1. The normalized spacial score (nSPS) is 11.7. The van der Waals surface area contributed by atoms with Crippen molar-refractivity contribution in [2.75, 3.05) is 0 Å². The van der Waals surface area contributed by atoms with E-state index >= 15 is 0 Å². The zero-order chi connectivity index (χ0) is 12.1. The van der Waals surface area contributed by atoms with Crippen molar-refractivity contribution in [1.82, 2.24) is 5.32 Å². The van der Waals surface area contributed by atoms with Crippen LogP contribution in [0.3, 0.4) is 0 Å². The van der Waals surface area contributed by atoms with E-state index in [1.807, 2.05) is 13.0 Å². The first kappa shape index (κ1) is 12.2. The van der Waals surface area contributed by atoms with Crippen LogP contribution in [-0.4, -0.2) is 11.9 Å². The summed E-state index contributed by atoms with van der Waals surface area (Å²) in [4.78, 5) is 21.7. The number of hydrogen-bond acceptors (Lipinski definition) is 3. The number of carbonyl (C=O) groups is 2. The van der Waals surface area contributed by atoms with Crippen molar-refractivity contribution >= 4 is 11.9 Å². The molecule has 86 valence electrons. The van der Waals surface area contributed by atoms with Crippen molar-refractivity contribution in [2.24, 2.45) is 0 Å². The van der Waals surface area contributed by atoms with Crippen LogP contribution in [0.25, 0.3) is 0 Å². The van der Waals surface area contributed by atoms with Gasteiger partial charge in [0, 0.05) is 13.8 Å². The lowest BCUT2D eigenvalue weighted by molar-refractivity contribution is -0.131. The number of hydrogen-bond donors (Lipinski definition) is 1. The Bertz CT molecular complexity index is 401. The maximum Gasteiger partial charge on any atom is 0.308 e. The summed E-state index contributed by atoms with van der Waals surface area (Å²) >= 11 is 0. The zero-order valence-corrected chi connectivity index (χ0v) is 9.61. The third-order valence-electron chi connectivity index (χ3n) is 2.04. The van der Waals surface area contributed by atoms with Gasteiger partial charge in [-0.2, -0.15) is 0 Å². The molecule has 0 aliphatic carbocycles. The van der Waals surface area contributed by atoms with Crippen molar-refractivity contribution in [1.29, 1.82) is 0 Å². The van der Waals surface area contributed by atoms with Crippen LogP contribution in [0.5, 0.6) is 5.75 Å². The molecule has 0 bridgehead atoms. The molecule has 4 heteroatoms. The minimum Gasteiger partial charge on any atom is -0.427 e. The number of benzene rings is 1. The van der Waals surface area contributed by atoms with Crippen molar-refractivity contribution in [3.05, 3.63) is 29.8 Å². The molecule has 0 unspecified atom stereocenters. The van der Waals surface area contributed by atoms with Gasteiger partial charge in [-0.15, -0.1) is 0 Å². The van der Waals surface area contributed by atoms with Crippen LogP contribution < -0.4 is 10.1 Å². The van der Waals surface area contributed by atoms with Crippen LogP contribution in [0, 0.1) is 0 Å². The van der Waals surface area contributed by atoms with Gasteiger partial charge in [0.05, 0.1) is 6.04 Å². The number of nitrogens with one attached hydrogen (secondary N) is 1. The average molecular weight is 221 g/mol. The van der Waals surface area contributed by atoms with E-state index in [0.717, 1.165) is 5.56 Å². The fourth-order valence-corrected chi connectivity index (χ4v) is 1.40. The summed E-state index contributed by atoms with van der Waals surface area (Å²) in [6, 6.07) is 6.99. The summed E-state index contributed by atoms with van der Waals surface area (Å²) in [5, 5.41) is 2.76. The Hall–Kier alpha value is -1.84. The van der Waals surface area contributed by atoms with Gasteiger partial charge >= 0.3 is 5.97 Å². The smallest absolute Gasteiger partial charge is 0.308 e. The molecule has 0 aliphatic heterocycles. The lowest BCUT2D eigenvalue weighted by atomic mass is 10.1. The van der Waals surface area contributed by atoms with Gasteiger partial charge in [0.2, 0.25) is 5.91 Å².